The van der Waals surface area contributed by atoms with Gasteiger partial charge in [0.2, 0.25) is 5.91 Å². The maximum absolute atomic E-state index is 13.8. The van der Waals surface area contributed by atoms with Crippen molar-refractivity contribution >= 4 is 17.5 Å². The number of rotatable bonds is 3. The first-order valence-electron chi connectivity index (χ1n) is 8.62. The SMILES string of the molecule is Cc1cc(F)cc(C(=O)N2CCCC(N3CCNCC3=O)C2)c1[N+](=O)[O-]. The van der Waals surface area contributed by atoms with E-state index in [2.05, 4.69) is 5.32 Å². The number of aryl methyl sites for hydroxylation is 1. The van der Waals surface area contributed by atoms with Crippen molar-refractivity contribution in [3.05, 3.63) is 39.2 Å². The lowest BCUT2D eigenvalue weighted by atomic mass is 10.0. The number of piperidine rings is 1. The van der Waals surface area contributed by atoms with E-state index in [1.807, 2.05) is 0 Å². The summed E-state index contributed by atoms with van der Waals surface area (Å²) in [5.41, 5.74) is -0.485. The van der Waals surface area contributed by atoms with Crippen molar-refractivity contribution < 1.29 is 18.9 Å². The molecule has 0 spiro atoms. The standard InChI is InChI=1S/C17H21FN4O4/c1-11-7-12(18)8-14(16(11)22(25)26)17(24)20-5-2-3-13(10-20)21-6-4-19-9-15(21)23/h7-8,13,19H,2-6,9-10H2,1H3. The van der Waals surface area contributed by atoms with Crippen LogP contribution in [-0.4, -0.2) is 65.3 Å². The molecule has 2 amide bonds. The maximum atomic E-state index is 13.8. The molecule has 0 radical (unpaired) electrons. The monoisotopic (exact) mass is 364 g/mol. The molecule has 8 nitrogen and oxygen atoms in total. The van der Waals surface area contributed by atoms with Crippen molar-refractivity contribution in [3.8, 4) is 0 Å². The lowest BCUT2D eigenvalue weighted by Crippen LogP contribution is -2.57. The number of carbonyl (C=O) groups excluding carboxylic acids is 2. The highest BCUT2D eigenvalue weighted by molar-refractivity contribution is 5.98. The molecule has 1 aromatic rings. The summed E-state index contributed by atoms with van der Waals surface area (Å²) in [6.07, 6.45) is 1.47. The number of halogens is 1. The Bertz CT molecular complexity index is 755. The van der Waals surface area contributed by atoms with Crippen molar-refractivity contribution in [2.24, 2.45) is 0 Å². The number of carbonyl (C=O) groups is 2. The molecule has 9 heteroatoms. The molecule has 26 heavy (non-hydrogen) atoms. The quantitative estimate of drug-likeness (QED) is 0.640. The Balaban J connectivity index is 1.84. The number of nitro groups is 1. The zero-order chi connectivity index (χ0) is 18.8. The van der Waals surface area contributed by atoms with E-state index in [1.165, 1.54) is 11.8 Å². The lowest BCUT2D eigenvalue weighted by Gasteiger charge is -2.41. The lowest BCUT2D eigenvalue weighted by molar-refractivity contribution is -0.385. The van der Waals surface area contributed by atoms with Crippen LogP contribution in [0, 0.1) is 22.9 Å². The summed E-state index contributed by atoms with van der Waals surface area (Å²) in [4.78, 5) is 38.9. The van der Waals surface area contributed by atoms with E-state index in [0.29, 0.717) is 32.6 Å². The van der Waals surface area contributed by atoms with Crippen LogP contribution >= 0.6 is 0 Å². The molecule has 0 bridgehead atoms. The Morgan fingerprint density at radius 2 is 2.15 bits per heavy atom. The fourth-order valence-electron chi connectivity index (χ4n) is 3.71. The smallest absolute Gasteiger partial charge is 0.285 e. The fourth-order valence-corrected chi connectivity index (χ4v) is 3.71. The summed E-state index contributed by atoms with van der Waals surface area (Å²) >= 11 is 0. The first-order chi connectivity index (χ1) is 12.4. The third kappa shape index (κ3) is 3.52. The van der Waals surface area contributed by atoms with Gasteiger partial charge < -0.3 is 15.1 Å². The molecule has 1 N–H and O–H groups in total. The number of likely N-dealkylation sites (tertiary alicyclic amines) is 1. The minimum Gasteiger partial charge on any atom is -0.336 e. The van der Waals surface area contributed by atoms with E-state index in [1.54, 1.807) is 4.90 Å². The Morgan fingerprint density at radius 3 is 2.85 bits per heavy atom. The van der Waals surface area contributed by atoms with Gasteiger partial charge in [-0.1, -0.05) is 0 Å². The van der Waals surface area contributed by atoms with Crippen LogP contribution in [-0.2, 0) is 4.79 Å². The number of hydrogen-bond donors (Lipinski definition) is 1. The summed E-state index contributed by atoms with van der Waals surface area (Å²) < 4.78 is 13.8. The van der Waals surface area contributed by atoms with Gasteiger partial charge in [-0.3, -0.25) is 19.7 Å². The van der Waals surface area contributed by atoms with Crippen LogP contribution in [0.3, 0.4) is 0 Å². The molecular weight excluding hydrogens is 343 g/mol. The van der Waals surface area contributed by atoms with Crippen LogP contribution in [0.15, 0.2) is 12.1 Å². The van der Waals surface area contributed by atoms with Crippen molar-refractivity contribution in [1.29, 1.82) is 0 Å². The highest BCUT2D eigenvalue weighted by Gasteiger charge is 2.34. The minimum atomic E-state index is -0.678. The largest absolute Gasteiger partial charge is 0.336 e. The average molecular weight is 364 g/mol. The van der Waals surface area contributed by atoms with Crippen molar-refractivity contribution in [2.45, 2.75) is 25.8 Å². The van der Waals surface area contributed by atoms with E-state index in [9.17, 15) is 24.1 Å². The van der Waals surface area contributed by atoms with Gasteiger partial charge >= 0.3 is 0 Å². The summed E-state index contributed by atoms with van der Waals surface area (Å²) in [5.74, 6) is -1.25. The number of hydrogen-bond acceptors (Lipinski definition) is 5. The van der Waals surface area contributed by atoms with Crippen LogP contribution in [0.25, 0.3) is 0 Å². The molecule has 0 saturated carbocycles. The van der Waals surface area contributed by atoms with E-state index < -0.39 is 16.6 Å². The molecule has 0 aliphatic carbocycles. The molecule has 1 unspecified atom stereocenters. The van der Waals surface area contributed by atoms with Gasteiger partial charge in [0, 0.05) is 37.8 Å². The van der Waals surface area contributed by atoms with Crippen molar-refractivity contribution in [3.63, 3.8) is 0 Å². The molecule has 2 saturated heterocycles. The molecule has 1 aromatic carbocycles. The molecule has 1 atom stereocenters. The molecule has 0 aromatic heterocycles. The fraction of sp³-hybridized carbons (Fsp3) is 0.529. The zero-order valence-corrected chi connectivity index (χ0v) is 14.5. The molecule has 2 aliphatic rings. The van der Waals surface area contributed by atoms with Crippen LogP contribution in [0.4, 0.5) is 10.1 Å². The van der Waals surface area contributed by atoms with Gasteiger partial charge in [0.1, 0.15) is 11.4 Å². The van der Waals surface area contributed by atoms with Gasteiger partial charge in [0.05, 0.1) is 11.5 Å². The second kappa shape index (κ2) is 7.36. The second-order valence-electron chi connectivity index (χ2n) is 6.69. The van der Waals surface area contributed by atoms with Gasteiger partial charge in [-0.15, -0.1) is 0 Å². The average Bonchev–Trinajstić information content (AvgIpc) is 2.60. The molecule has 3 rings (SSSR count). The Morgan fingerprint density at radius 1 is 1.38 bits per heavy atom. The summed E-state index contributed by atoms with van der Waals surface area (Å²) in [7, 11) is 0. The first kappa shape index (κ1) is 18.2. The van der Waals surface area contributed by atoms with E-state index >= 15 is 0 Å². The topological polar surface area (TPSA) is 95.8 Å². The van der Waals surface area contributed by atoms with Crippen LogP contribution in [0.5, 0.6) is 0 Å². The first-order valence-corrected chi connectivity index (χ1v) is 8.62. The molecule has 2 heterocycles. The predicted octanol–water partition coefficient (Wildman–Crippen LogP) is 1.08. The second-order valence-corrected chi connectivity index (χ2v) is 6.69. The molecule has 2 fully saturated rings. The highest BCUT2D eigenvalue weighted by Crippen LogP contribution is 2.27. The molecule has 2 aliphatic heterocycles. The minimum absolute atomic E-state index is 0.0110. The van der Waals surface area contributed by atoms with Crippen molar-refractivity contribution in [2.75, 3.05) is 32.7 Å². The van der Waals surface area contributed by atoms with Crippen LogP contribution in [0.1, 0.15) is 28.8 Å². The summed E-state index contributed by atoms with van der Waals surface area (Å²) in [5, 5.41) is 14.4. The number of nitrogens with one attached hydrogen (secondary N) is 1. The molecular formula is C17H21FN4O4. The Hall–Kier alpha value is -2.55. The van der Waals surface area contributed by atoms with Gasteiger partial charge in [-0.2, -0.15) is 0 Å². The third-order valence-corrected chi connectivity index (χ3v) is 4.93. The van der Waals surface area contributed by atoms with Gasteiger partial charge in [0.15, 0.2) is 0 Å². The zero-order valence-electron chi connectivity index (χ0n) is 14.5. The number of piperazine rings is 1. The third-order valence-electron chi connectivity index (χ3n) is 4.93. The van der Waals surface area contributed by atoms with Crippen LogP contribution < -0.4 is 5.32 Å². The summed E-state index contributed by atoms with van der Waals surface area (Å²) in [6, 6.07) is 1.86. The van der Waals surface area contributed by atoms with Gasteiger partial charge in [0.25, 0.3) is 11.6 Å². The molecule has 140 valence electrons. The number of nitrogens with zero attached hydrogens (tertiary/aromatic N) is 3. The van der Waals surface area contributed by atoms with E-state index in [4.69, 9.17) is 0 Å². The van der Waals surface area contributed by atoms with Crippen LogP contribution in [0.2, 0.25) is 0 Å². The Labute approximate surface area is 150 Å². The van der Waals surface area contributed by atoms with E-state index in [0.717, 1.165) is 18.6 Å². The number of benzene rings is 1. The predicted molar refractivity (Wildman–Crippen MR) is 91.3 cm³/mol. The van der Waals surface area contributed by atoms with E-state index in [-0.39, 0.29) is 35.3 Å². The maximum Gasteiger partial charge on any atom is 0.285 e. The number of nitro benzene ring substituents is 1. The van der Waals surface area contributed by atoms with Gasteiger partial charge in [-0.25, -0.2) is 4.39 Å². The number of amides is 2. The van der Waals surface area contributed by atoms with Crippen molar-refractivity contribution in [1.82, 2.24) is 15.1 Å². The Kier molecular flexibility index (Phi) is 5.17. The summed E-state index contributed by atoms with van der Waals surface area (Å²) in [6.45, 7) is 3.70. The van der Waals surface area contributed by atoms with Gasteiger partial charge in [-0.05, 0) is 31.9 Å². The highest BCUT2D eigenvalue weighted by atomic mass is 19.1. The normalized spacial score (nSPS) is 21.0.